The van der Waals surface area contributed by atoms with E-state index in [9.17, 15) is 5.11 Å². The zero-order chi connectivity index (χ0) is 13.3. The van der Waals surface area contributed by atoms with Crippen LogP contribution in [0.5, 0.6) is 5.75 Å². The molecular weight excluding hydrogens is 248 g/mol. The second kappa shape index (κ2) is 4.75. The molecule has 0 spiro atoms. The van der Waals surface area contributed by atoms with Gasteiger partial charge < -0.3 is 10.4 Å². The van der Waals surface area contributed by atoms with Gasteiger partial charge in [-0.1, -0.05) is 11.6 Å². The smallest absolute Gasteiger partial charge is 0.126 e. The number of halogens is 1. The molecule has 0 aliphatic carbocycles. The Kier molecular flexibility index (Phi) is 3.46. The number of aromatic hydroxyl groups is 1. The van der Waals surface area contributed by atoms with Crippen molar-refractivity contribution < 1.29 is 5.11 Å². The molecule has 3 nitrogen and oxygen atoms in total. The second-order valence-corrected chi connectivity index (χ2v) is 5.83. The Morgan fingerprint density at radius 1 is 1.28 bits per heavy atom. The molecule has 0 aliphatic rings. The molecule has 2 N–H and O–H groups in total. The van der Waals surface area contributed by atoms with E-state index in [-0.39, 0.29) is 11.3 Å². The molecule has 0 aliphatic heterocycles. The summed E-state index contributed by atoms with van der Waals surface area (Å²) in [5.74, 6) is 0.216. The van der Waals surface area contributed by atoms with Crippen LogP contribution in [-0.4, -0.2) is 15.6 Å². The Hall–Kier alpha value is -1.32. The van der Waals surface area contributed by atoms with Crippen molar-refractivity contribution >= 4 is 22.5 Å². The lowest BCUT2D eigenvalue weighted by Crippen LogP contribution is -2.35. The Balaban J connectivity index is 2.34. The number of nitrogens with one attached hydrogen (secondary N) is 1. The average molecular weight is 265 g/mol. The monoisotopic (exact) mass is 264 g/mol. The van der Waals surface area contributed by atoms with Crippen LogP contribution in [0.3, 0.4) is 0 Å². The van der Waals surface area contributed by atoms with Crippen molar-refractivity contribution in [2.45, 2.75) is 32.9 Å². The summed E-state index contributed by atoms with van der Waals surface area (Å²) in [5.41, 5.74) is 1.59. The molecule has 96 valence electrons. The third kappa shape index (κ3) is 3.12. The van der Waals surface area contributed by atoms with Crippen molar-refractivity contribution in [3.05, 3.63) is 35.0 Å². The van der Waals surface area contributed by atoms with E-state index >= 15 is 0 Å². The number of fused-ring (bicyclic) bond motifs is 1. The first kappa shape index (κ1) is 13.1. The number of benzene rings is 1. The molecule has 1 aromatic carbocycles. The molecule has 1 aromatic heterocycles. The molecule has 0 radical (unpaired) electrons. The van der Waals surface area contributed by atoms with Gasteiger partial charge in [-0.15, -0.1) is 0 Å². The lowest BCUT2D eigenvalue weighted by Gasteiger charge is -2.20. The molecule has 2 aromatic rings. The molecule has 0 unspecified atom stereocenters. The van der Waals surface area contributed by atoms with Gasteiger partial charge in [-0.3, -0.25) is 4.98 Å². The first-order valence-corrected chi connectivity index (χ1v) is 6.26. The molecule has 0 fully saturated rings. The van der Waals surface area contributed by atoms with Gasteiger partial charge in [0.2, 0.25) is 0 Å². The summed E-state index contributed by atoms with van der Waals surface area (Å²) >= 11 is 5.90. The van der Waals surface area contributed by atoms with Gasteiger partial charge in [-0.2, -0.15) is 0 Å². The summed E-state index contributed by atoms with van der Waals surface area (Å²) in [7, 11) is 0. The third-order valence-electron chi connectivity index (χ3n) is 2.60. The summed E-state index contributed by atoms with van der Waals surface area (Å²) in [6.07, 6.45) is 0. The third-order valence-corrected chi connectivity index (χ3v) is 2.84. The van der Waals surface area contributed by atoms with Gasteiger partial charge in [-0.25, -0.2) is 0 Å². The maximum Gasteiger partial charge on any atom is 0.126 e. The normalized spacial score (nSPS) is 12.0. The summed E-state index contributed by atoms with van der Waals surface area (Å²) in [6.45, 7) is 6.89. The molecular formula is C14H17ClN2O. The van der Waals surface area contributed by atoms with Crippen molar-refractivity contribution in [1.29, 1.82) is 0 Å². The lowest BCUT2D eigenvalue weighted by atomic mass is 10.1. The number of hydrogen-bond acceptors (Lipinski definition) is 3. The quantitative estimate of drug-likeness (QED) is 0.873. The Labute approximate surface area is 112 Å². The molecule has 0 bridgehead atoms. The van der Waals surface area contributed by atoms with Gasteiger partial charge in [0.1, 0.15) is 5.75 Å². The number of nitrogens with zero attached hydrogens (tertiary/aromatic N) is 1. The zero-order valence-electron chi connectivity index (χ0n) is 10.8. The highest BCUT2D eigenvalue weighted by atomic mass is 35.5. The number of rotatable bonds is 2. The second-order valence-electron chi connectivity index (χ2n) is 5.40. The van der Waals surface area contributed by atoms with Crippen LogP contribution in [-0.2, 0) is 6.54 Å². The van der Waals surface area contributed by atoms with Crippen LogP contribution in [0.2, 0.25) is 5.02 Å². The van der Waals surface area contributed by atoms with Crippen molar-refractivity contribution in [3.8, 4) is 5.75 Å². The predicted octanol–water partition coefficient (Wildman–Crippen LogP) is 3.48. The summed E-state index contributed by atoms with van der Waals surface area (Å²) < 4.78 is 0. The molecule has 1 heterocycles. The van der Waals surface area contributed by atoms with Crippen molar-refractivity contribution in [2.24, 2.45) is 0 Å². The Bertz CT molecular complexity index is 576. The number of hydrogen-bond donors (Lipinski definition) is 2. The lowest BCUT2D eigenvalue weighted by molar-refractivity contribution is 0.420. The molecule has 2 rings (SSSR count). The van der Waals surface area contributed by atoms with E-state index in [0.717, 1.165) is 11.2 Å². The molecule has 18 heavy (non-hydrogen) atoms. The van der Waals surface area contributed by atoms with Gasteiger partial charge in [-0.05, 0) is 39.0 Å². The van der Waals surface area contributed by atoms with Crippen LogP contribution in [0.1, 0.15) is 26.5 Å². The van der Waals surface area contributed by atoms with Gasteiger partial charge >= 0.3 is 0 Å². The van der Waals surface area contributed by atoms with Crippen molar-refractivity contribution in [2.75, 3.05) is 0 Å². The molecule has 0 saturated carbocycles. The largest absolute Gasteiger partial charge is 0.507 e. The molecule has 0 atom stereocenters. The van der Waals surface area contributed by atoms with Crippen LogP contribution in [0.15, 0.2) is 24.3 Å². The fourth-order valence-corrected chi connectivity index (χ4v) is 1.85. The van der Waals surface area contributed by atoms with Crippen molar-refractivity contribution in [1.82, 2.24) is 10.3 Å². The fraction of sp³-hybridized carbons (Fsp3) is 0.357. The van der Waals surface area contributed by atoms with E-state index in [2.05, 4.69) is 31.1 Å². The molecule has 4 heteroatoms. The Morgan fingerprint density at radius 3 is 2.67 bits per heavy atom. The highest BCUT2D eigenvalue weighted by molar-refractivity contribution is 6.31. The van der Waals surface area contributed by atoms with Crippen LogP contribution < -0.4 is 5.32 Å². The topological polar surface area (TPSA) is 45.1 Å². The van der Waals surface area contributed by atoms with Crippen LogP contribution in [0, 0.1) is 0 Å². The van der Waals surface area contributed by atoms with Gasteiger partial charge in [0.05, 0.1) is 11.2 Å². The maximum absolute atomic E-state index is 9.98. The van der Waals surface area contributed by atoms with Crippen LogP contribution in [0.4, 0.5) is 0 Å². The highest BCUT2D eigenvalue weighted by Crippen LogP contribution is 2.27. The van der Waals surface area contributed by atoms with E-state index < -0.39 is 0 Å². The Morgan fingerprint density at radius 2 is 2.00 bits per heavy atom. The average Bonchev–Trinajstić information content (AvgIpc) is 2.26. The maximum atomic E-state index is 9.98. The van der Waals surface area contributed by atoms with E-state index in [1.54, 1.807) is 18.2 Å². The summed E-state index contributed by atoms with van der Waals surface area (Å²) in [6, 6.07) is 6.99. The summed E-state index contributed by atoms with van der Waals surface area (Å²) in [5, 5.41) is 14.6. The van der Waals surface area contributed by atoms with E-state index in [0.29, 0.717) is 17.0 Å². The van der Waals surface area contributed by atoms with Gasteiger partial charge in [0, 0.05) is 28.6 Å². The molecule has 0 saturated heterocycles. The summed E-state index contributed by atoms with van der Waals surface area (Å²) in [4.78, 5) is 4.50. The van der Waals surface area contributed by atoms with Crippen LogP contribution >= 0.6 is 11.6 Å². The van der Waals surface area contributed by atoms with Crippen LogP contribution in [0.25, 0.3) is 10.9 Å². The van der Waals surface area contributed by atoms with Crippen molar-refractivity contribution in [3.63, 3.8) is 0 Å². The first-order valence-electron chi connectivity index (χ1n) is 5.88. The minimum absolute atomic E-state index is 0.0201. The zero-order valence-corrected chi connectivity index (χ0v) is 11.5. The van der Waals surface area contributed by atoms with Gasteiger partial charge in [0.15, 0.2) is 0 Å². The molecule has 0 amide bonds. The minimum Gasteiger partial charge on any atom is -0.507 e. The number of pyridine rings is 1. The SMILES string of the molecule is CC(C)(C)NCc1cc(O)c2cc(Cl)ccc2n1. The first-order chi connectivity index (χ1) is 8.35. The van der Waals surface area contributed by atoms with E-state index in [1.807, 2.05) is 6.07 Å². The van der Waals surface area contributed by atoms with Gasteiger partial charge in [0.25, 0.3) is 0 Å². The predicted molar refractivity (Wildman–Crippen MR) is 75.0 cm³/mol. The fourth-order valence-electron chi connectivity index (χ4n) is 1.68. The standard InChI is InChI=1S/C14H17ClN2O/c1-14(2,3)16-8-10-7-13(18)11-6-9(15)4-5-12(11)17-10/h4-7,16H,8H2,1-3H3,(H,17,18). The highest BCUT2D eigenvalue weighted by Gasteiger charge is 2.10. The van der Waals surface area contributed by atoms with E-state index in [4.69, 9.17) is 11.6 Å². The van der Waals surface area contributed by atoms with E-state index in [1.165, 1.54) is 0 Å². The minimum atomic E-state index is 0.0201. The number of aromatic nitrogens is 1.